The van der Waals surface area contributed by atoms with Crippen LogP contribution in [0.15, 0.2) is 75.9 Å². The SMILES string of the molecule is COc1cc(/C=C/[Si](C)(C)C)c(/C(C)=C/CNS(=O)(=O)c2ccc(C)cc2)c2ccc3ccoc3c12. The smallest absolute Gasteiger partial charge is 0.240 e. The van der Waals surface area contributed by atoms with Crippen LogP contribution >= 0.6 is 0 Å². The standard InChI is InChI=1S/C29H33NO4SSi/c1-20-7-10-24(11-8-20)35(31,32)30-16-13-21(2)27-23(15-18-36(4,5)6)19-26(33-3)28-25(27)12-9-22-14-17-34-29(22)28/h7-15,17-19,30H,16H2,1-6H3/b18-15+,21-13+. The Bertz CT molecular complexity index is 1570. The number of hydrogen-bond acceptors (Lipinski definition) is 4. The van der Waals surface area contributed by atoms with E-state index in [9.17, 15) is 8.42 Å². The molecule has 0 saturated carbocycles. The first kappa shape index (κ1) is 25.9. The predicted molar refractivity (Wildman–Crippen MR) is 153 cm³/mol. The molecule has 0 radical (unpaired) electrons. The number of hydrogen-bond donors (Lipinski definition) is 1. The van der Waals surface area contributed by atoms with Crippen LogP contribution in [0.4, 0.5) is 0 Å². The summed E-state index contributed by atoms with van der Waals surface area (Å²) in [6.45, 7) is 11.0. The highest BCUT2D eigenvalue weighted by Gasteiger charge is 2.18. The van der Waals surface area contributed by atoms with E-state index in [-0.39, 0.29) is 11.4 Å². The summed E-state index contributed by atoms with van der Waals surface area (Å²) in [5.74, 6) is 0.748. The molecule has 0 fully saturated rings. The lowest BCUT2D eigenvalue weighted by Gasteiger charge is -2.17. The lowest BCUT2D eigenvalue weighted by molar-refractivity contribution is 0.419. The molecule has 188 valence electrons. The van der Waals surface area contributed by atoms with E-state index >= 15 is 0 Å². The van der Waals surface area contributed by atoms with Crippen LogP contribution in [0, 0.1) is 6.92 Å². The van der Waals surface area contributed by atoms with Gasteiger partial charge < -0.3 is 9.15 Å². The Morgan fingerprint density at radius 3 is 2.47 bits per heavy atom. The van der Waals surface area contributed by atoms with Gasteiger partial charge in [-0.25, -0.2) is 13.1 Å². The molecule has 0 spiro atoms. The van der Waals surface area contributed by atoms with E-state index in [1.165, 1.54) is 0 Å². The Morgan fingerprint density at radius 2 is 1.81 bits per heavy atom. The summed E-state index contributed by atoms with van der Waals surface area (Å²) >= 11 is 0. The summed E-state index contributed by atoms with van der Waals surface area (Å²) in [6, 6.07) is 15.0. The molecule has 0 aliphatic rings. The minimum atomic E-state index is -3.61. The van der Waals surface area contributed by atoms with Gasteiger partial charge >= 0.3 is 0 Å². The molecule has 1 aromatic heterocycles. The summed E-state index contributed by atoms with van der Waals surface area (Å²) < 4.78 is 39.9. The van der Waals surface area contributed by atoms with Crippen molar-refractivity contribution in [1.29, 1.82) is 0 Å². The number of methoxy groups -OCH3 is 1. The molecular formula is C29H33NO4SSi. The van der Waals surface area contributed by atoms with Gasteiger partial charge in [-0.05, 0) is 60.2 Å². The number of rotatable bonds is 8. The van der Waals surface area contributed by atoms with Gasteiger partial charge in [0.25, 0.3) is 0 Å². The molecule has 1 heterocycles. The van der Waals surface area contributed by atoms with Crippen LogP contribution in [-0.4, -0.2) is 30.1 Å². The van der Waals surface area contributed by atoms with Crippen molar-refractivity contribution < 1.29 is 17.6 Å². The maximum atomic E-state index is 12.8. The summed E-state index contributed by atoms with van der Waals surface area (Å²) in [5, 5.41) is 2.92. The fourth-order valence-corrected chi connectivity index (χ4v) is 5.85. The average Bonchev–Trinajstić information content (AvgIpc) is 3.30. The Kier molecular flexibility index (Phi) is 7.27. The first-order valence-electron chi connectivity index (χ1n) is 11.9. The highest BCUT2D eigenvalue weighted by atomic mass is 32.2. The zero-order valence-electron chi connectivity index (χ0n) is 21.7. The molecule has 5 nitrogen and oxygen atoms in total. The molecule has 0 atom stereocenters. The van der Waals surface area contributed by atoms with E-state index in [1.807, 2.05) is 38.1 Å². The van der Waals surface area contributed by atoms with Crippen molar-refractivity contribution in [2.45, 2.75) is 38.4 Å². The Hall–Kier alpha value is -3.13. The highest BCUT2D eigenvalue weighted by Crippen LogP contribution is 2.40. The lowest BCUT2D eigenvalue weighted by Crippen LogP contribution is -2.23. The van der Waals surface area contributed by atoms with Gasteiger partial charge in [-0.1, -0.05) is 67.3 Å². The van der Waals surface area contributed by atoms with Gasteiger partial charge in [0.2, 0.25) is 10.0 Å². The third kappa shape index (κ3) is 5.48. The van der Waals surface area contributed by atoms with E-state index in [2.05, 4.69) is 42.2 Å². The number of aryl methyl sites for hydroxylation is 1. The van der Waals surface area contributed by atoms with Crippen molar-refractivity contribution in [3.63, 3.8) is 0 Å². The second kappa shape index (κ2) is 10.1. The number of ether oxygens (including phenoxy) is 1. The van der Waals surface area contributed by atoms with Crippen LogP contribution in [0.25, 0.3) is 33.4 Å². The molecule has 1 N–H and O–H groups in total. The molecule has 0 amide bonds. The maximum absolute atomic E-state index is 12.8. The molecule has 4 rings (SSSR count). The normalized spacial score (nSPS) is 13.2. The fourth-order valence-electron chi connectivity index (χ4n) is 4.21. The van der Waals surface area contributed by atoms with Gasteiger partial charge in [0.05, 0.1) is 31.7 Å². The van der Waals surface area contributed by atoms with Gasteiger partial charge in [-0.15, -0.1) is 0 Å². The largest absolute Gasteiger partial charge is 0.496 e. The molecule has 7 heteroatoms. The van der Waals surface area contributed by atoms with Gasteiger partial charge in [0, 0.05) is 11.9 Å². The molecular weight excluding hydrogens is 486 g/mol. The quantitative estimate of drug-likeness (QED) is 0.250. The summed E-state index contributed by atoms with van der Waals surface area (Å²) in [5.41, 5.74) is 7.13. The van der Waals surface area contributed by atoms with Crippen molar-refractivity contribution >= 4 is 51.5 Å². The Morgan fingerprint density at radius 1 is 1.08 bits per heavy atom. The first-order chi connectivity index (χ1) is 17.0. The topological polar surface area (TPSA) is 68.5 Å². The second-order valence-electron chi connectivity index (χ2n) is 10.1. The van der Waals surface area contributed by atoms with Gasteiger partial charge in [0.1, 0.15) is 11.3 Å². The molecule has 0 aliphatic heterocycles. The predicted octanol–water partition coefficient (Wildman–Crippen LogP) is 7.18. The number of nitrogens with one attached hydrogen (secondary N) is 1. The minimum Gasteiger partial charge on any atom is -0.496 e. The zero-order chi connectivity index (χ0) is 26.1. The average molecular weight is 520 g/mol. The summed E-state index contributed by atoms with van der Waals surface area (Å²) in [7, 11) is -3.40. The van der Waals surface area contributed by atoms with Gasteiger partial charge in [-0.2, -0.15) is 0 Å². The van der Waals surface area contributed by atoms with Crippen LogP contribution in [0.5, 0.6) is 5.75 Å². The monoisotopic (exact) mass is 519 g/mol. The lowest BCUT2D eigenvalue weighted by atomic mass is 9.92. The second-order valence-corrected chi connectivity index (χ2v) is 17.0. The summed E-state index contributed by atoms with van der Waals surface area (Å²) in [4.78, 5) is 0.257. The van der Waals surface area contributed by atoms with E-state index in [1.54, 1.807) is 37.6 Å². The highest BCUT2D eigenvalue weighted by molar-refractivity contribution is 7.89. The number of benzene rings is 3. The Balaban J connectivity index is 1.80. The number of furan rings is 1. The van der Waals surface area contributed by atoms with E-state index in [0.717, 1.165) is 49.8 Å². The van der Waals surface area contributed by atoms with Crippen molar-refractivity contribution in [2.75, 3.05) is 13.7 Å². The van der Waals surface area contributed by atoms with E-state index in [0.29, 0.717) is 0 Å². The van der Waals surface area contributed by atoms with Crippen molar-refractivity contribution in [2.24, 2.45) is 0 Å². The van der Waals surface area contributed by atoms with Crippen LogP contribution < -0.4 is 9.46 Å². The van der Waals surface area contributed by atoms with Crippen LogP contribution in [0.1, 0.15) is 23.6 Å². The van der Waals surface area contributed by atoms with Gasteiger partial charge in [0.15, 0.2) is 0 Å². The maximum Gasteiger partial charge on any atom is 0.240 e. The molecule has 0 saturated heterocycles. The van der Waals surface area contributed by atoms with Crippen LogP contribution in [-0.2, 0) is 10.0 Å². The fraction of sp³-hybridized carbons (Fsp3) is 0.241. The zero-order valence-corrected chi connectivity index (χ0v) is 23.5. The Labute approximate surface area is 214 Å². The van der Waals surface area contributed by atoms with Crippen molar-refractivity contribution in [1.82, 2.24) is 4.72 Å². The third-order valence-electron chi connectivity index (χ3n) is 6.10. The first-order valence-corrected chi connectivity index (χ1v) is 17.0. The molecule has 4 aromatic rings. The molecule has 3 aromatic carbocycles. The van der Waals surface area contributed by atoms with Crippen molar-refractivity contribution in [3.05, 3.63) is 83.3 Å². The van der Waals surface area contributed by atoms with Crippen LogP contribution in [0.3, 0.4) is 0 Å². The number of sulfonamides is 1. The number of allylic oxidation sites excluding steroid dienone is 1. The molecule has 0 bridgehead atoms. The molecule has 36 heavy (non-hydrogen) atoms. The summed E-state index contributed by atoms with van der Waals surface area (Å²) in [6.07, 6.45) is 5.78. The minimum absolute atomic E-state index is 0.176. The van der Waals surface area contributed by atoms with E-state index < -0.39 is 18.1 Å². The molecule has 0 aliphatic carbocycles. The van der Waals surface area contributed by atoms with Crippen molar-refractivity contribution in [3.8, 4) is 5.75 Å². The van der Waals surface area contributed by atoms with Crippen LogP contribution in [0.2, 0.25) is 19.6 Å². The van der Waals surface area contributed by atoms with E-state index in [4.69, 9.17) is 9.15 Å². The van der Waals surface area contributed by atoms with Gasteiger partial charge in [-0.3, -0.25) is 0 Å². The number of fused-ring (bicyclic) bond motifs is 3. The third-order valence-corrected chi connectivity index (χ3v) is 8.71. The molecule has 0 unspecified atom stereocenters.